The summed E-state index contributed by atoms with van der Waals surface area (Å²) in [5.41, 5.74) is 6.90. The second-order valence-corrected chi connectivity index (χ2v) is 7.02. The van der Waals surface area contributed by atoms with Crippen LogP contribution >= 0.6 is 0 Å². The lowest BCUT2D eigenvalue weighted by atomic mass is 10.1. The zero-order valence-electron chi connectivity index (χ0n) is 15.2. The van der Waals surface area contributed by atoms with Crippen LogP contribution in [0.4, 0.5) is 11.8 Å². The first kappa shape index (κ1) is 18.0. The smallest absolute Gasteiger partial charge is 0.270 e. The Labute approximate surface area is 153 Å². The third kappa shape index (κ3) is 4.65. The van der Waals surface area contributed by atoms with Gasteiger partial charge in [-0.3, -0.25) is 9.78 Å². The van der Waals surface area contributed by atoms with E-state index in [1.807, 2.05) is 0 Å². The van der Waals surface area contributed by atoms with E-state index in [-0.39, 0.29) is 17.9 Å². The first-order valence-electron chi connectivity index (χ1n) is 8.96. The van der Waals surface area contributed by atoms with Gasteiger partial charge in [-0.25, -0.2) is 15.0 Å². The highest BCUT2D eigenvalue weighted by Crippen LogP contribution is 2.17. The number of carbonyl (C=O) groups excluding carboxylic acids is 1. The molecule has 0 spiro atoms. The molecule has 8 heteroatoms. The fourth-order valence-electron chi connectivity index (χ4n) is 3.17. The second kappa shape index (κ2) is 8.07. The summed E-state index contributed by atoms with van der Waals surface area (Å²) in [5, 5.41) is 3.07. The van der Waals surface area contributed by atoms with Crippen LogP contribution in [0.25, 0.3) is 0 Å². The van der Waals surface area contributed by atoms with Gasteiger partial charge in [-0.1, -0.05) is 13.8 Å². The quantitative estimate of drug-likeness (QED) is 0.835. The number of carbonyl (C=O) groups is 1. The molecule has 1 atom stereocenters. The fourth-order valence-corrected chi connectivity index (χ4v) is 3.17. The Hall–Kier alpha value is -2.77. The van der Waals surface area contributed by atoms with E-state index in [0.717, 1.165) is 37.3 Å². The van der Waals surface area contributed by atoms with Crippen LogP contribution in [0, 0.1) is 5.92 Å². The molecule has 2 aromatic rings. The van der Waals surface area contributed by atoms with Gasteiger partial charge < -0.3 is 16.0 Å². The van der Waals surface area contributed by atoms with E-state index >= 15 is 0 Å². The summed E-state index contributed by atoms with van der Waals surface area (Å²) in [6, 6.07) is 1.76. The molecule has 1 amide bonds. The van der Waals surface area contributed by atoms with Crippen molar-refractivity contribution in [2.24, 2.45) is 5.92 Å². The van der Waals surface area contributed by atoms with Crippen LogP contribution in [0.3, 0.4) is 0 Å². The molecule has 0 saturated carbocycles. The molecule has 26 heavy (non-hydrogen) atoms. The van der Waals surface area contributed by atoms with Crippen molar-refractivity contribution in [1.29, 1.82) is 0 Å². The largest absolute Gasteiger partial charge is 0.368 e. The molecule has 3 heterocycles. The molecule has 3 rings (SSSR count). The summed E-state index contributed by atoms with van der Waals surface area (Å²) in [5.74, 6) is 1.18. The summed E-state index contributed by atoms with van der Waals surface area (Å²) in [6.07, 6.45) is 7.73. The van der Waals surface area contributed by atoms with Crippen molar-refractivity contribution in [3.63, 3.8) is 0 Å². The molecular formula is C18H25N7O. The van der Waals surface area contributed by atoms with Crippen LogP contribution < -0.4 is 16.0 Å². The first-order valence-corrected chi connectivity index (χ1v) is 8.96. The molecule has 1 aliphatic rings. The Morgan fingerprint density at radius 1 is 1.38 bits per heavy atom. The highest BCUT2D eigenvalue weighted by atomic mass is 16.2. The maximum atomic E-state index is 12.6. The minimum absolute atomic E-state index is 0.0306. The molecule has 0 aromatic carbocycles. The SMILES string of the molecule is CC(C)Cc1cc(C(=O)N[C@@H]2CCCN(c3cnccn3)C2)nc(N)n1. The monoisotopic (exact) mass is 355 g/mol. The van der Waals surface area contributed by atoms with Crippen LogP contribution in [-0.4, -0.2) is 45.0 Å². The summed E-state index contributed by atoms with van der Waals surface area (Å²) >= 11 is 0. The average Bonchev–Trinajstić information content (AvgIpc) is 2.61. The van der Waals surface area contributed by atoms with Crippen molar-refractivity contribution in [3.8, 4) is 0 Å². The number of anilines is 2. The van der Waals surface area contributed by atoms with E-state index in [2.05, 4.69) is 44.0 Å². The van der Waals surface area contributed by atoms with Crippen LogP contribution in [0.1, 0.15) is 42.9 Å². The molecule has 0 unspecified atom stereocenters. The van der Waals surface area contributed by atoms with Gasteiger partial charge in [0.1, 0.15) is 11.5 Å². The van der Waals surface area contributed by atoms with Crippen molar-refractivity contribution < 1.29 is 4.79 Å². The standard InChI is InChI=1S/C18H25N7O/c1-12(2)8-14-9-15(24-18(19)23-14)17(26)22-13-4-3-7-25(11-13)16-10-20-5-6-21-16/h5-6,9-10,12-13H,3-4,7-8,11H2,1-2H3,(H,22,26)(H2,19,23,24)/t13-/m1/s1. The molecule has 8 nitrogen and oxygen atoms in total. The lowest BCUT2D eigenvalue weighted by Gasteiger charge is -2.33. The molecule has 1 aliphatic heterocycles. The van der Waals surface area contributed by atoms with E-state index in [1.54, 1.807) is 24.7 Å². The van der Waals surface area contributed by atoms with Gasteiger partial charge in [0.2, 0.25) is 5.95 Å². The molecule has 0 radical (unpaired) electrons. The number of nitrogens with two attached hydrogens (primary N) is 1. The Morgan fingerprint density at radius 3 is 2.96 bits per heavy atom. The third-order valence-corrected chi connectivity index (χ3v) is 4.28. The maximum absolute atomic E-state index is 12.6. The van der Waals surface area contributed by atoms with Crippen molar-refractivity contribution in [2.45, 2.75) is 39.2 Å². The summed E-state index contributed by atoms with van der Waals surface area (Å²) in [6.45, 7) is 5.80. The molecule has 1 fully saturated rings. The van der Waals surface area contributed by atoms with Crippen molar-refractivity contribution in [2.75, 3.05) is 23.7 Å². The van der Waals surface area contributed by atoms with Crippen molar-refractivity contribution in [3.05, 3.63) is 36.0 Å². The van der Waals surface area contributed by atoms with Crippen LogP contribution in [0.2, 0.25) is 0 Å². The number of piperidine rings is 1. The Balaban J connectivity index is 1.67. The van der Waals surface area contributed by atoms with Crippen molar-refractivity contribution in [1.82, 2.24) is 25.3 Å². The Bertz CT molecular complexity index is 750. The van der Waals surface area contributed by atoms with Crippen LogP contribution in [0.15, 0.2) is 24.7 Å². The predicted octanol–water partition coefficient (Wildman–Crippen LogP) is 1.45. The Kier molecular flexibility index (Phi) is 5.60. The average molecular weight is 355 g/mol. The van der Waals surface area contributed by atoms with Gasteiger partial charge in [0.05, 0.1) is 6.20 Å². The topological polar surface area (TPSA) is 110 Å². The number of nitrogens with zero attached hydrogens (tertiary/aromatic N) is 5. The van der Waals surface area contributed by atoms with Crippen molar-refractivity contribution >= 4 is 17.7 Å². The van der Waals surface area contributed by atoms with Gasteiger partial charge in [0.15, 0.2) is 0 Å². The second-order valence-electron chi connectivity index (χ2n) is 7.02. The number of nitrogens with one attached hydrogen (secondary N) is 1. The number of hydrogen-bond acceptors (Lipinski definition) is 7. The number of nitrogen functional groups attached to an aromatic ring is 1. The lowest BCUT2D eigenvalue weighted by Crippen LogP contribution is -2.48. The molecule has 138 valence electrons. The number of hydrogen-bond donors (Lipinski definition) is 2. The van der Waals surface area contributed by atoms with Gasteiger partial charge >= 0.3 is 0 Å². The minimum atomic E-state index is -0.213. The maximum Gasteiger partial charge on any atom is 0.270 e. The molecule has 1 saturated heterocycles. The summed E-state index contributed by atoms with van der Waals surface area (Å²) < 4.78 is 0. The highest BCUT2D eigenvalue weighted by Gasteiger charge is 2.23. The van der Waals surface area contributed by atoms with E-state index in [1.165, 1.54) is 0 Å². The van der Waals surface area contributed by atoms with E-state index in [0.29, 0.717) is 18.2 Å². The van der Waals surface area contributed by atoms with E-state index in [9.17, 15) is 4.79 Å². The van der Waals surface area contributed by atoms with Gasteiger partial charge in [0.25, 0.3) is 5.91 Å². The molecule has 3 N–H and O–H groups in total. The zero-order chi connectivity index (χ0) is 18.5. The van der Waals surface area contributed by atoms with Gasteiger partial charge in [0, 0.05) is 37.2 Å². The highest BCUT2D eigenvalue weighted by molar-refractivity contribution is 5.92. The van der Waals surface area contributed by atoms with Gasteiger partial charge in [-0.05, 0) is 31.2 Å². The molecule has 2 aromatic heterocycles. The third-order valence-electron chi connectivity index (χ3n) is 4.28. The van der Waals surface area contributed by atoms with Crippen LogP contribution in [0.5, 0.6) is 0 Å². The number of amides is 1. The molecule has 0 aliphatic carbocycles. The van der Waals surface area contributed by atoms with Crippen LogP contribution in [-0.2, 0) is 6.42 Å². The normalized spacial score (nSPS) is 17.3. The summed E-state index contributed by atoms with van der Waals surface area (Å²) in [4.78, 5) is 31.6. The predicted molar refractivity (Wildman–Crippen MR) is 99.7 cm³/mol. The molecular weight excluding hydrogens is 330 g/mol. The summed E-state index contributed by atoms with van der Waals surface area (Å²) in [7, 11) is 0. The number of rotatable bonds is 5. The van der Waals surface area contributed by atoms with Gasteiger partial charge in [-0.15, -0.1) is 0 Å². The number of aromatic nitrogens is 4. The van der Waals surface area contributed by atoms with Gasteiger partial charge in [-0.2, -0.15) is 0 Å². The van der Waals surface area contributed by atoms with E-state index in [4.69, 9.17) is 5.73 Å². The fraction of sp³-hybridized carbons (Fsp3) is 0.500. The zero-order valence-corrected chi connectivity index (χ0v) is 15.2. The first-order chi connectivity index (χ1) is 12.5. The van der Waals surface area contributed by atoms with E-state index < -0.39 is 0 Å². The minimum Gasteiger partial charge on any atom is -0.368 e. The molecule has 0 bridgehead atoms. The lowest BCUT2D eigenvalue weighted by molar-refractivity contribution is 0.0928. The Morgan fingerprint density at radius 2 is 2.23 bits per heavy atom.